The second kappa shape index (κ2) is 6.76. The Morgan fingerprint density at radius 1 is 1.26 bits per heavy atom. The highest BCUT2D eigenvalue weighted by molar-refractivity contribution is 6.30. The summed E-state index contributed by atoms with van der Waals surface area (Å²) in [4.78, 5) is 18.2. The average Bonchev–Trinajstić information content (AvgIpc) is 3.36. The van der Waals surface area contributed by atoms with E-state index >= 15 is 0 Å². The van der Waals surface area contributed by atoms with Crippen molar-refractivity contribution in [2.24, 2.45) is 0 Å². The predicted octanol–water partition coefficient (Wildman–Crippen LogP) is 2.40. The first-order valence-corrected chi connectivity index (χ1v) is 8.52. The summed E-state index contributed by atoms with van der Waals surface area (Å²) >= 11 is 5.99. The zero-order valence-corrected chi connectivity index (χ0v) is 15.3. The number of tetrazole rings is 1. The van der Waals surface area contributed by atoms with Crippen LogP contribution in [0.15, 0.2) is 36.7 Å². The van der Waals surface area contributed by atoms with Crippen LogP contribution in [0.5, 0.6) is 0 Å². The topological polar surface area (TPSA) is 107 Å². The molecule has 0 aliphatic rings. The van der Waals surface area contributed by atoms with Gasteiger partial charge in [-0.05, 0) is 37.3 Å². The summed E-state index contributed by atoms with van der Waals surface area (Å²) < 4.78 is 1.84. The number of aromatic nitrogens is 8. The molecule has 1 aromatic carbocycles. The summed E-state index contributed by atoms with van der Waals surface area (Å²) in [6.07, 6.45) is 1.42. The lowest BCUT2D eigenvalue weighted by Gasteiger charge is -2.05. The first-order chi connectivity index (χ1) is 13.0. The number of ketones is 1. The van der Waals surface area contributed by atoms with E-state index in [0.717, 1.165) is 17.0 Å². The molecular formula is C17H15ClN8O. The van der Waals surface area contributed by atoms with Gasteiger partial charge < -0.3 is 0 Å². The minimum absolute atomic E-state index is 0.0196. The Labute approximate surface area is 159 Å². The number of H-pyrrole nitrogens is 1. The van der Waals surface area contributed by atoms with Crippen LogP contribution in [0.3, 0.4) is 0 Å². The number of hydrogen-bond donors (Lipinski definition) is 1. The zero-order valence-electron chi connectivity index (χ0n) is 14.6. The van der Waals surface area contributed by atoms with E-state index in [1.807, 2.05) is 36.6 Å². The summed E-state index contributed by atoms with van der Waals surface area (Å²) in [5.74, 6) is 0.854. The van der Waals surface area contributed by atoms with Crippen LogP contribution in [0.25, 0.3) is 17.3 Å². The molecule has 9 nitrogen and oxygen atoms in total. The average molecular weight is 383 g/mol. The molecule has 0 unspecified atom stereocenters. The first-order valence-electron chi connectivity index (χ1n) is 8.14. The molecule has 10 heteroatoms. The molecule has 0 aliphatic carbocycles. The third-order valence-corrected chi connectivity index (χ3v) is 4.40. The Hall–Kier alpha value is -3.33. The number of nitrogens with one attached hydrogen (secondary N) is 1. The third kappa shape index (κ3) is 3.24. The van der Waals surface area contributed by atoms with Crippen molar-refractivity contribution in [2.75, 3.05) is 0 Å². The van der Waals surface area contributed by atoms with Crippen LogP contribution in [0.1, 0.15) is 21.7 Å². The summed E-state index contributed by atoms with van der Waals surface area (Å²) in [7, 11) is 0. The normalized spacial score (nSPS) is 11.1. The van der Waals surface area contributed by atoms with Crippen LogP contribution in [0, 0.1) is 13.8 Å². The van der Waals surface area contributed by atoms with Crippen molar-refractivity contribution in [1.29, 1.82) is 0 Å². The van der Waals surface area contributed by atoms with Crippen molar-refractivity contribution in [1.82, 2.24) is 40.0 Å². The van der Waals surface area contributed by atoms with Crippen LogP contribution in [-0.2, 0) is 6.54 Å². The van der Waals surface area contributed by atoms with Gasteiger partial charge in [0, 0.05) is 27.5 Å². The lowest BCUT2D eigenvalue weighted by atomic mass is 10.1. The lowest BCUT2D eigenvalue weighted by molar-refractivity contribution is 0.0961. The molecule has 0 atom stereocenters. The quantitative estimate of drug-likeness (QED) is 0.531. The number of hydrogen-bond acceptors (Lipinski definition) is 6. The molecule has 0 spiro atoms. The van der Waals surface area contributed by atoms with Gasteiger partial charge in [0.25, 0.3) is 0 Å². The molecule has 0 saturated carbocycles. The van der Waals surface area contributed by atoms with Crippen molar-refractivity contribution in [3.05, 3.63) is 58.6 Å². The SMILES string of the molecule is Cc1cc(C(=O)Cn2nnc(-c3cccc(Cl)c3)n2)c(C)n1-c1ncn[nH]1. The van der Waals surface area contributed by atoms with E-state index in [0.29, 0.717) is 22.4 Å². The summed E-state index contributed by atoms with van der Waals surface area (Å²) in [6.45, 7) is 3.74. The van der Waals surface area contributed by atoms with Crippen molar-refractivity contribution in [3.8, 4) is 17.3 Å². The zero-order chi connectivity index (χ0) is 19.0. The van der Waals surface area contributed by atoms with Crippen LogP contribution in [0.2, 0.25) is 5.02 Å². The summed E-state index contributed by atoms with van der Waals surface area (Å²) in [5.41, 5.74) is 2.96. The molecule has 1 N–H and O–H groups in total. The minimum atomic E-state index is -0.121. The van der Waals surface area contributed by atoms with Gasteiger partial charge >= 0.3 is 0 Å². The highest BCUT2D eigenvalue weighted by atomic mass is 35.5. The largest absolute Gasteiger partial charge is 0.292 e. The molecule has 0 aliphatic heterocycles. The fourth-order valence-corrected chi connectivity index (χ4v) is 3.14. The number of Topliss-reactive ketones (excluding diaryl/α,β-unsaturated/α-hetero) is 1. The molecule has 0 bridgehead atoms. The van der Waals surface area contributed by atoms with Crippen molar-refractivity contribution in [2.45, 2.75) is 20.4 Å². The third-order valence-electron chi connectivity index (χ3n) is 4.17. The Morgan fingerprint density at radius 3 is 2.85 bits per heavy atom. The number of aromatic amines is 1. The Bertz CT molecular complexity index is 1110. The maximum absolute atomic E-state index is 12.8. The summed E-state index contributed by atoms with van der Waals surface area (Å²) in [5, 5.41) is 19.5. The number of rotatable bonds is 5. The second-order valence-corrected chi connectivity index (χ2v) is 6.44. The fourth-order valence-electron chi connectivity index (χ4n) is 2.94. The molecule has 136 valence electrons. The van der Waals surface area contributed by atoms with E-state index in [-0.39, 0.29) is 12.3 Å². The van der Waals surface area contributed by atoms with E-state index in [2.05, 4.69) is 30.6 Å². The lowest BCUT2D eigenvalue weighted by Crippen LogP contribution is -2.14. The van der Waals surface area contributed by atoms with E-state index in [1.54, 1.807) is 12.1 Å². The smallest absolute Gasteiger partial charge is 0.229 e. The number of benzene rings is 1. The van der Waals surface area contributed by atoms with Gasteiger partial charge in [-0.2, -0.15) is 14.9 Å². The molecule has 0 fully saturated rings. The monoisotopic (exact) mass is 382 g/mol. The van der Waals surface area contributed by atoms with Gasteiger partial charge in [0.1, 0.15) is 12.9 Å². The Kier molecular flexibility index (Phi) is 4.28. The van der Waals surface area contributed by atoms with Crippen LogP contribution in [0.4, 0.5) is 0 Å². The van der Waals surface area contributed by atoms with Gasteiger partial charge in [0.15, 0.2) is 5.78 Å². The first kappa shape index (κ1) is 17.1. The molecule has 0 amide bonds. The van der Waals surface area contributed by atoms with Crippen LogP contribution >= 0.6 is 11.6 Å². The van der Waals surface area contributed by atoms with E-state index < -0.39 is 0 Å². The van der Waals surface area contributed by atoms with Gasteiger partial charge in [0.05, 0.1) is 0 Å². The predicted molar refractivity (Wildman–Crippen MR) is 97.8 cm³/mol. The number of halogens is 1. The standard InChI is InChI=1S/C17H15ClN8O/c1-10-6-14(11(2)26(10)17-19-9-20-22-17)15(27)8-25-23-16(21-24-25)12-4-3-5-13(18)7-12/h3-7,9H,8H2,1-2H3,(H,19,20,22). The number of nitrogens with zero attached hydrogens (tertiary/aromatic N) is 7. The van der Waals surface area contributed by atoms with Gasteiger partial charge in [0.2, 0.25) is 11.8 Å². The molecule has 3 aromatic heterocycles. The minimum Gasteiger partial charge on any atom is -0.292 e. The maximum Gasteiger partial charge on any atom is 0.229 e. The van der Waals surface area contributed by atoms with Crippen molar-refractivity contribution < 1.29 is 4.79 Å². The molecule has 3 heterocycles. The number of aryl methyl sites for hydroxylation is 1. The van der Waals surface area contributed by atoms with E-state index in [1.165, 1.54) is 11.1 Å². The number of carbonyl (C=O) groups is 1. The van der Waals surface area contributed by atoms with E-state index in [4.69, 9.17) is 11.6 Å². The van der Waals surface area contributed by atoms with Gasteiger partial charge in [-0.15, -0.1) is 10.2 Å². The van der Waals surface area contributed by atoms with Crippen LogP contribution < -0.4 is 0 Å². The highest BCUT2D eigenvalue weighted by Gasteiger charge is 2.19. The molecule has 0 radical (unpaired) electrons. The molecule has 4 aromatic rings. The summed E-state index contributed by atoms with van der Waals surface area (Å²) in [6, 6.07) is 8.97. The van der Waals surface area contributed by atoms with Crippen molar-refractivity contribution >= 4 is 17.4 Å². The van der Waals surface area contributed by atoms with Crippen LogP contribution in [-0.4, -0.2) is 45.7 Å². The highest BCUT2D eigenvalue weighted by Crippen LogP contribution is 2.20. The van der Waals surface area contributed by atoms with Gasteiger partial charge in [-0.3, -0.25) is 9.36 Å². The Balaban J connectivity index is 1.58. The molecule has 4 rings (SSSR count). The number of carbonyl (C=O) groups excluding carboxylic acids is 1. The van der Waals surface area contributed by atoms with Gasteiger partial charge in [-0.25, -0.2) is 5.10 Å². The maximum atomic E-state index is 12.8. The van der Waals surface area contributed by atoms with E-state index in [9.17, 15) is 4.79 Å². The Morgan fingerprint density at radius 2 is 2.11 bits per heavy atom. The second-order valence-electron chi connectivity index (χ2n) is 6.01. The molecule has 27 heavy (non-hydrogen) atoms. The fraction of sp³-hybridized carbons (Fsp3) is 0.176. The molecular weight excluding hydrogens is 368 g/mol. The van der Waals surface area contributed by atoms with Crippen molar-refractivity contribution in [3.63, 3.8) is 0 Å². The molecule has 0 saturated heterocycles. The van der Waals surface area contributed by atoms with Gasteiger partial charge in [-0.1, -0.05) is 23.7 Å².